The molecular formula is C48H46N16. The molecule has 2 N–H and O–H groups in total. The van der Waals surface area contributed by atoms with Gasteiger partial charge in [-0.1, -0.05) is 0 Å². The Morgan fingerprint density at radius 3 is 1.34 bits per heavy atom. The number of piperazine rings is 2. The molecule has 0 aromatic carbocycles. The summed E-state index contributed by atoms with van der Waals surface area (Å²) in [4.78, 5) is 54.4. The van der Waals surface area contributed by atoms with Crippen LogP contribution in [0.3, 0.4) is 0 Å². The Labute approximate surface area is 369 Å². The van der Waals surface area contributed by atoms with Gasteiger partial charge in [-0.25, -0.2) is 39.9 Å². The molecule has 2 saturated heterocycles. The lowest BCUT2D eigenvalue weighted by Gasteiger charge is -2.36. The quantitative estimate of drug-likeness (QED) is 0.131. The maximum atomic E-state index is 5.37. The number of fused-ring (bicyclic) bond motifs is 2. The minimum atomic E-state index is 0.498. The van der Waals surface area contributed by atoms with E-state index in [4.69, 9.17) is 29.9 Å². The Bertz CT molecular complexity index is 2770. The van der Waals surface area contributed by atoms with E-state index in [1.807, 2.05) is 95.7 Å². The standard InChI is InChI=1S/C48H46N16/c1-3-35(25-51-11-1)63(41-23-33(9-13-55-41)45-57-39-29-53-27-37(31-5-6-31)43(39)47(59-45)61-19-15-49-16-20-61)64(36-4-2-12-52-26-36)42-24-34(10-14-56-42)46-58-40-30-54-28-38(32-7-8-32)44(40)48(60-46)62-21-17-50-18-22-62/h1-4,9-14,23-32,49-50H,5-8,15-22H2. The van der Waals surface area contributed by atoms with E-state index in [-0.39, 0.29) is 0 Å². The molecule has 0 bridgehead atoms. The third-order valence-corrected chi connectivity index (χ3v) is 12.5. The van der Waals surface area contributed by atoms with Gasteiger partial charge in [0.25, 0.3) is 0 Å². The maximum absolute atomic E-state index is 5.37. The van der Waals surface area contributed by atoms with Gasteiger partial charge in [-0.15, -0.1) is 0 Å². The molecular weight excluding hydrogens is 801 g/mol. The zero-order valence-electron chi connectivity index (χ0n) is 35.3. The van der Waals surface area contributed by atoms with Crippen molar-refractivity contribution in [3.8, 4) is 22.8 Å². The highest BCUT2D eigenvalue weighted by Gasteiger charge is 2.32. The van der Waals surface area contributed by atoms with Gasteiger partial charge in [-0.3, -0.25) is 19.9 Å². The number of rotatable bonds is 11. The highest BCUT2D eigenvalue weighted by atomic mass is 15.7. The third-order valence-electron chi connectivity index (χ3n) is 12.5. The van der Waals surface area contributed by atoms with Gasteiger partial charge < -0.3 is 20.4 Å². The first-order chi connectivity index (χ1) is 31.7. The molecule has 16 nitrogen and oxygen atoms in total. The molecule has 4 aliphatic rings. The molecule has 8 aromatic heterocycles. The van der Waals surface area contributed by atoms with Crippen molar-refractivity contribution in [1.82, 2.24) is 60.5 Å². The topological polar surface area (TPSA) is 166 Å². The van der Waals surface area contributed by atoms with Crippen molar-refractivity contribution in [3.63, 3.8) is 0 Å². The van der Waals surface area contributed by atoms with Crippen LogP contribution in [0.2, 0.25) is 0 Å². The molecule has 0 unspecified atom stereocenters. The first-order valence-corrected chi connectivity index (χ1v) is 22.3. The van der Waals surface area contributed by atoms with Crippen LogP contribution in [0, 0.1) is 0 Å². The number of anilines is 6. The van der Waals surface area contributed by atoms with Crippen LogP contribution in [-0.2, 0) is 0 Å². The zero-order chi connectivity index (χ0) is 42.4. The molecule has 2 aliphatic carbocycles. The molecule has 4 fully saturated rings. The number of pyridine rings is 6. The number of nitrogens with one attached hydrogen (secondary N) is 2. The molecule has 0 radical (unpaired) electrons. The predicted molar refractivity (Wildman–Crippen MR) is 248 cm³/mol. The molecule has 10 heterocycles. The van der Waals surface area contributed by atoms with Crippen LogP contribution in [0.15, 0.2) is 110 Å². The lowest BCUT2D eigenvalue weighted by Crippen LogP contribution is -2.44. The van der Waals surface area contributed by atoms with Crippen molar-refractivity contribution in [1.29, 1.82) is 0 Å². The Kier molecular flexibility index (Phi) is 9.86. The van der Waals surface area contributed by atoms with E-state index in [9.17, 15) is 0 Å². The van der Waals surface area contributed by atoms with Crippen LogP contribution in [0.4, 0.5) is 34.6 Å². The second-order valence-electron chi connectivity index (χ2n) is 16.9. The van der Waals surface area contributed by atoms with Crippen molar-refractivity contribution >= 4 is 56.5 Å². The van der Waals surface area contributed by atoms with Gasteiger partial charge in [0.15, 0.2) is 23.3 Å². The molecule has 12 rings (SSSR count). The number of nitrogens with zero attached hydrogens (tertiary/aromatic N) is 14. The molecule has 0 atom stereocenters. The first kappa shape index (κ1) is 38.4. The van der Waals surface area contributed by atoms with Crippen molar-refractivity contribution in [2.45, 2.75) is 37.5 Å². The summed E-state index contributed by atoms with van der Waals surface area (Å²) in [5, 5.41) is 13.2. The van der Waals surface area contributed by atoms with Crippen LogP contribution in [-0.4, -0.2) is 102 Å². The smallest absolute Gasteiger partial charge is 0.162 e. The average molecular weight is 847 g/mol. The fourth-order valence-electron chi connectivity index (χ4n) is 9.06. The summed E-state index contributed by atoms with van der Waals surface area (Å²) in [5.74, 6) is 5.32. The van der Waals surface area contributed by atoms with E-state index in [0.717, 1.165) is 134 Å². The fourth-order valence-corrected chi connectivity index (χ4v) is 9.06. The van der Waals surface area contributed by atoms with Crippen LogP contribution in [0.5, 0.6) is 0 Å². The minimum Gasteiger partial charge on any atom is -0.353 e. The van der Waals surface area contributed by atoms with Crippen molar-refractivity contribution in [2.75, 3.05) is 72.2 Å². The molecule has 8 aromatic rings. The van der Waals surface area contributed by atoms with E-state index >= 15 is 0 Å². The summed E-state index contributed by atoms with van der Waals surface area (Å²) in [5.41, 5.74) is 7.31. The van der Waals surface area contributed by atoms with E-state index in [1.165, 1.54) is 11.1 Å². The summed E-state index contributed by atoms with van der Waals surface area (Å²) in [7, 11) is 0. The van der Waals surface area contributed by atoms with Gasteiger partial charge in [0.05, 0.1) is 47.2 Å². The minimum absolute atomic E-state index is 0.498. The molecule has 318 valence electrons. The predicted octanol–water partition coefficient (Wildman–Crippen LogP) is 6.74. The van der Waals surface area contributed by atoms with Crippen molar-refractivity contribution in [3.05, 3.63) is 122 Å². The third kappa shape index (κ3) is 7.33. The SMILES string of the molecule is c1cncc(N(c2cc(-c3nc(N4CCNCC4)c4c(C5CC5)cncc4n3)ccn2)N(c2cccnc2)c2cc(-c3nc(N4CCNCC4)c4c(C5CC5)cncc4n3)ccn2)c1. The van der Waals surface area contributed by atoms with E-state index < -0.39 is 0 Å². The fraction of sp³-hybridized carbons (Fsp3) is 0.292. The Balaban J connectivity index is 0.997. The number of hydrazine groups is 1. The average Bonchev–Trinajstić information content (AvgIpc) is 4.32. The van der Waals surface area contributed by atoms with Crippen molar-refractivity contribution < 1.29 is 0 Å². The summed E-state index contributed by atoms with van der Waals surface area (Å²) in [6.45, 7) is 7.03. The summed E-state index contributed by atoms with van der Waals surface area (Å²) in [6, 6.07) is 15.8. The highest BCUT2D eigenvalue weighted by Crippen LogP contribution is 2.46. The second kappa shape index (κ2) is 16.4. The van der Waals surface area contributed by atoms with Crippen LogP contribution < -0.4 is 30.5 Å². The molecule has 16 heteroatoms. The lowest BCUT2D eigenvalue weighted by atomic mass is 10.1. The van der Waals surface area contributed by atoms with Crippen molar-refractivity contribution in [2.24, 2.45) is 0 Å². The van der Waals surface area contributed by atoms with Gasteiger partial charge >= 0.3 is 0 Å². The number of hydrogen-bond donors (Lipinski definition) is 2. The summed E-state index contributed by atoms with van der Waals surface area (Å²) in [6.07, 6.45) is 23.2. The van der Waals surface area contributed by atoms with Gasteiger partial charge in [0.2, 0.25) is 0 Å². The second-order valence-corrected chi connectivity index (χ2v) is 16.9. The Morgan fingerprint density at radius 1 is 0.484 bits per heavy atom. The Morgan fingerprint density at radius 2 is 0.938 bits per heavy atom. The van der Waals surface area contributed by atoms with Crippen LogP contribution >= 0.6 is 0 Å². The normalized spacial score (nSPS) is 16.6. The monoisotopic (exact) mass is 846 g/mol. The molecule has 0 spiro atoms. The lowest BCUT2D eigenvalue weighted by molar-refractivity contribution is 0.586. The van der Waals surface area contributed by atoms with Gasteiger partial charge in [0.1, 0.15) is 11.6 Å². The summed E-state index contributed by atoms with van der Waals surface area (Å²) < 4.78 is 0. The molecule has 2 aliphatic heterocycles. The van der Waals surface area contributed by atoms with Crippen LogP contribution in [0.1, 0.15) is 48.6 Å². The molecule has 64 heavy (non-hydrogen) atoms. The number of aromatic nitrogens is 10. The molecule has 0 amide bonds. The Hall–Kier alpha value is -7.30. The maximum Gasteiger partial charge on any atom is 0.162 e. The number of hydrogen-bond acceptors (Lipinski definition) is 16. The summed E-state index contributed by atoms with van der Waals surface area (Å²) >= 11 is 0. The van der Waals surface area contributed by atoms with E-state index in [2.05, 4.69) is 40.4 Å². The van der Waals surface area contributed by atoms with Gasteiger partial charge in [-0.05, 0) is 97.2 Å². The van der Waals surface area contributed by atoms with Crippen LogP contribution in [0.25, 0.3) is 44.6 Å². The molecule has 2 saturated carbocycles. The largest absolute Gasteiger partial charge is 0.353 e. The highest BCUT2D eigenvalue weighted by molar-refractivity contribution is 5.95. The van der Waals surface area contributed by atoms with Gasteiger partial charge in [0, 0.05) is 111 Å². The van der Waals surface area contributed by atoms with E-state index in [0.29, 0.717) is 35.1 Å². The van der Waals surface area contributed by atoms with E-state index in [1.54, 1.807) is 24.8 Å². The van der Waals surface area contributed by atoms with Gasteiger partial charge in [-0.2, -0.15) is 0 Å². The first-order valence-electron chi connectivity index (χ1n) is 22.3. The zero-order valence-corrected chi connectivity index (χ0v) is 35.3.